The van der Waals surface area contributed by atoms with Gasteiger partial charge in [-0.3, -0.25) is 4.99 Å². The summed E-state index contributed by atoms with van der Waals surface area (Å²) in [5, 5.41) is 6.46. The van der Waals surface area contributed by atoms with Crippen molar-refractivity contribution >= 4 is 29.9 Å². The molecule has 0 aliphatic heterocycles. The zero-order valence-electron chi connectivity index (χ0n) is 14.7. The lowest BCUT2D eigenvalue weighted by Crippen LogP contribution is -2.38. The normalized spacial score (nSPS) is 10.7. The lowest BCUT2D eigenvalue weighted by molar-refractivity contribution is 0.203. The van der Waals surface area contributed by atoms with Crippen LogP contribution in [0.3, 0.4) is 0 Å². The maximum Gasteiger partial charge on any atom is 0.191 e. The third-order valence-electron chi connectivity index (χ3n) is 3.45. The summed E-state index contributed by atoms with van der Waals surface area (Å²) in [7, 11) is 3.44. The topological polar surface area (TPSA) is 54.9 Å². The maximum absolute atomic E-state index is 5.75. The number of nitrogens with zero attached hydrogens (tertiary/aromatic N) is 1. The minimum Gasteiger partial charge on any atom is -0.489 e. The van der Waals surface area contributed by atoms with Crippen LogP contribution in [-0.4, -0.2) is 33.3 Å². The Morgan fingerprint density at radius 1 is 0.960 bits per heavy atom. The van der Waals surface area contributed by atoms with E-state index in [2.05, 4.69) is 39.9 Å². The molecule has 0 aliphatic rings. The molecule has 2 aromatic rings. The van der Waals surface area contributed by atoms with Gasteiger partial charge in [-0.15, -0.1) is 24.0 Å². The van der Waals surface area contributed by atoms with Crippen molar-refractivity contribution in [2.24, 2.45) is 4.99 Å². The molecular formula is C19H26IN3O2. The Labute approximate surface area is 166 Å². The number of hydrogen-bond acceptors (Lipinski definition) is 3. The Kier molecular flexibility index (Phi) is 10.7. The van der Waals surface area contributed by atoms with Gasteiger partial charge in [0.15, 0.2) is 5.96 Å². The van der Waals surface area contributed by atoms with Gasteiger partial charge < -0.3 is 20.1 Å². The van der Waals surface area contributed by atoms with Crippen LogP contribution in [0.5, 0.6) is 5.75 Å². The quantitative estimate of drug-likeness (QED) is 0.278. The molecule has 0 saturated heterocycles. The summed E-state index contributed by atoms with van der Waals surface area (Å²) < 4.78 is 10.8. The zero-order valence-corrected chi connectivity index (χ0v) is 17.0. The Balaban J connectivity index is 0.00000312. The first-order valence-corrected chi connectivity index (χ1v) is 8.01. The van der Waals surface area contributed by atoms with Crippen molar-refractivity contribution in [1.82, 2.24) is 10.6 Å². The Hall–Kier alpha value is -1.80. The molecule has 25 heavy (non-hydrogen) atoms. The molecule has 0 unspecified atom stereocenters. The second-order valence-corrected chi connectivity index (χ2v) is 5.26. The van der Waals surface area contributed by atoms with Crippen LogP contribution >= 0.6 is 24.0 Å². The number of hydrogen-bond donors (Lipinski definition) is 2. The van der Waals surface area contributed by atoms with E-state index in [1.165, 1.54) is 5.56 Å². The highest BCUT2D eigenvalue weighted by molar-refractivity contribution is 14.0. The number of guanidine groups is 1. The second-order valence-electron chi connectivity index (χ2n) is 5.26. The monoisotopic (exact) mass is 455 g/mol. The van der Waals surface area contributed by atoms with E-state index in [0.717, 1.165) is 23.8 Å². The highest BCUT2D eigenvalue weighted by atomic mass is 127. The first-order chi connectivity index (χ1) is 11.8. The van der Waals surface area contributed by atoms with Crippen LogP contribution in [0.1, 0.15) is 11.1 Å². The molecule has 0 radical (unpaired) electrons. The fraction of sp³-hybridized carbons (Fsp3) is 0.316. The van der Waals surface area contributed by atoms with Crippen LogP contribution in [-0.2, 0) is 17.9 Å². The molecule has 136 valence electrons. The number of halogens is 1. The molecule has 0 fully saturated rings. The van der Waals surface area contributed by atoms with Crippen molar-refractivity contribution < 1.29 is 9.47 Å². The molecule has 0 aromatic heterocycles. The number of ether oxygens (including phenoxy) is 2. The number of benzene rings is 2. The largest absolute Gasteiger partial charge is 0.489 e. The molecule has 5 nitrogen and oxygen atoms in total. The van der Waals surface area contributed by atoms with Gasteiger partial charge in [-0.1, -0.05) is 42.5 Å². The summed E-state index contributed by atoms with van der Waals surface area (Å²) in [5.74, 6) is 1.65. The summed E-state index contributed by atoms with van der Waals surface area (Å²) in [4.78, 5) is 4.17. The molecule has 0 atom stereocenters. The van der Waals surface area contributed by atoms with E-state index in [1.807, 2.05) is 30.3 Å². The van der Waals surface area contributed by atoms with Gasteiger partial charge in [-0.2, -0.15) is 0 Å². The van der Waals surface area contributed by atoms with E-state index in [1.54, 1.807) is 14.2 Å². The molecular weight excluding hydrogens is 429 g/mol. The van der Waals surface area contributed by atoms with Crippen molar-refractivity contribution in [3.63, 3.8) is 0 Å². The third-order valence-corrected chi connectivity index (χ3v) is 3.45. The van der Waals surface area contributed by atoms with E-state index < -0.39 is 0 Å². The predicted molar refractivity (Wildman–Crippen MR) is 113 cm³/mol. The molecule has 0 aliphatic carbocycles. The Morgan fingerprint density at radius 2 is 1.64 bits per heavy atom. The molecule has 0 saturated carbocycles. The molecule has 6 heteroatoms. The average molecular weight is 455 g/mol. The number of para-hydroxylation sites is 1. The van der Waals surface area contributed by atoms with Gasteiger partial charge in [0.1, 0.15) is 12.4 Å². The third kappa shape index (κ3) is 8.22. The molecule has 0 spiro atoms. The van der Waals surface area contributed by atoms with Crippen molar-refractivity contribution in [2.45, 2.75) is 13.2 Å². The van der Waals surface area contributed by atoms with E-state index in [9.17, 15) is 0 Å². The predicted octanol–water partition coefficient (Wildman–Crippen LogP) is 3.20. The van der Waals surface area contributed by atoms with E-state index in [0.29, 0.717) is 19.8 Å². The van der Waals surface area contributed by atoms with Crippen molar-refractivity contribution in [1.29, 1.82) is 0 Å². The summed E-state index contributed by atoms with van der Waals surface area (Å²) in [6, 6.07) is 18.2. The minimum absolute atomic E-state index is 0. The fourth-order valence-corrected chi connectivity index (χ4v) is 2.11. The van der Waals surface area contributed by atoms with E-state index in [4.69, 9.17) is 9.47 Å². The zero-order chi connectivity index (χ0) is 17.0. The molecule has 0 heterocycles. The summed E-state index contributed by atoms with van der Waals surface area (Å²) in [6.45, 7) is 2.66. The van der Waals surface area contributed by atoms with Gasteiger partial charge in [0.25, 0.3) is 0 Å². The minimum atomic E-state index is 0. The van der Waals surface area contributed by atoms with Crippen molar-refractivity contribution in [3.05, 3.63) is 65.7 Å². The molecule has 2 aromatic carbocycles. The summed E-state index contributed by atoms with van der Waals surface area (Å²) in [5.41, 5.74) is 2.33. The first kappa shape index (κ1) is 21.2. The van der Waals surface area contributed by atoms with Gasteiger partial charge >= 0.3 is 0 Å². The van der Waals surface area contributed by atoms with Crippen LogP contribution in [0.25, 0.3) is 0 Å². The SMILES string of the molecule is CN=C(NCCOC)NCc1ccc(COc2ccccc2)cc1.I. The van der Waals surface area contributed by atoms with Gasteiger partial charge in [0.2, 0.25) is 0 Å². The Bertz CT molecular complexity index is 618. The van der Waals surface area contributed by atoms with Crippen molar-refractivity contribution in [3.8, 4) is 5.75 Å². The number of rotatable bonds is 8. The second kappa shape index (κ2) is 12.5. The van der Waals surface area contributed by atoms with Crippen molar-refractivity contribution in [2.75, 3.05) is 27.3 Å². The van der Waals surface area contributed by atoms with Crippen LogP contribution in [0.4, 0.5) is 0 Å². The fourth-order valence-electron chi connectivity index (χ4n) is 2.11. The summed E-state index contributed by atoms with van der Waals surface area (Å²) in [6.07, 6.45) is 0. The highest BCUT2D eigenvalue weighted by Crippen LogP contribution is 2.12. The van der Waals surface area contributed by atoms with Gasteiger partial charge in [0, 0.05) is 27.2 Å². The lowest BCUT2D eigenvalue weighted by atomic mass is 10.1. The number of methoxy groups -OCH3 is 1. The first-order valence-electron chi connectivity index (χ1n) is 8.01. The molecule has 0 bridgehead atoms. The number of aliphatic imine (C=N–C) groups is 1. The molecule has 0 amide bonds. The Morgan fingerprint density at radius 3 is 2.28 bits per heavy atom. The summed E-state index contributed by atoms with van der Waals surface area (Å²) >= 11 is 0. The van der Waals surface area contributed by atoms with Gasteiger partial charge in [-0.25, -0.2) is 0 Å². The molecule has 2 rings (SSSR count). The van der Waals surface area contributed by atoms with Crippen LogP contribution in [0.2, 0.25) is 0 Å². The molecule has 2 N–H and O–H groups in total. The number of nitrogens with one attached hydrogen (secondary N) is 2. The maximum atomic E-state index is 5.75. The lowest BCUT2D eigenvalue weighted by Gasteiger charge is -2.12. The average Bonchev–Trinajstić information content (AvgIpc) is 2.64. The van der Waals surface area contributed by atoms with E-state index in [-0.39, 0.29) is 24.0 Å². The standard InChI is InChI=1S/C19H25N3O2.HI/c1-20-19(21-12-13-23-2)22-14-16-8-10-17(11-9-16)15-24-18-6-4-3-5-7-18;/h3-11H,12-15H2,1-2H3,(H2,20,21,22);1H. The van der Waals surface area contributed by atoms with Crippen LogP contribution in [0, 0.1) is 0 Å². The van der Waals surface area contributed by atoms with E-state index >= 15 is 0 Å². The highest BCUT2D eigenvalue weighted by Gasteiger charge is 1.99. The van der Waals surface area contributed by atoms with Gasteiger partial charge in [0.05, 0.1) is 6.61 Å². The van der Waals surface area contributed by atoms with Gasteiger partial charge in [-0.05, 0) is 23.3 Å². The van der Waals surface area contributed by atoms with Crippen LogP contribution in [0.15, 0.2) is 59.6 Å². The smallest absolute Gasteiger partial charge is 0.191 e. The van der Waals surface area contributed by atoms with Crippen LogP contribution < -0.4 is 15.4 Å².